The van der Waals surface area contributed by atoms with Crippen LogP contribution in [-0.4, -0.2) is 57.3 Å². The summed E-state index contributed by atoms with van der Waals surface area (Å²) in [6.45, 7) is 5.03. The summed E-state index contributed by atoms with van der Waals surface area (Å²) in [6.07, 6.45) is 5.11. The molecule has 0 saturated carbocycles. The summed E-state index contributed by atoms with van der Waals surface area (Å²) in [5.41, 5.74) is 0.431. The molecule has 1 unspecified atom stereocenters. The van der Waals surface area contributed by atoms with Crippen LogP contribution in [0.1, 0.15) is 32.6 Å². The van der Waals surface area contributed by atoms with E-state index in [1.165, 1.54) is 17.3 Å². The molecule has 2 aromatic rings. The van der Waals surface area contributed by atoms with Gasteiger partial charge in [-0.15, -0.1) is 0 Å². The number of rotatable bonds is 3. The van der Waals surface area contributed by atoms with Gasteiger partial charge in [-0.05, 0) is 43.7 Å². The van der Waals surface area contributed by atoms with E-state index in [0.29, 0.717) is 42.8 Å². The Morgan fingerprint density at radius 2 is 1.83 bits per heavy atom. The largest absolute Gasteiger partial charge is 0.342 e. The van der Waals surface area contributed by atoms with Gasteiger partial charge in [0.05, 0.1) is 17.2 Å². The van der Waals surface area contributed by atoms with E-state index in [-0.39, 0.29) is 29.8 Å². The SMILES string of the molecule is CC1CCCN(C(=O)C2CCN(C(=O)Cn3cnc4ccccc4c3=O)CC2)C1. The molecule has 0 spiro atoms. The van der Waals surface area contributed by atoms with Gasteiger partial charge < -0.3 is 9.80 Å². The first kappa shape index (κ1) is 19.6. The standard InChI is InChI=1S/C22H28N4O3/c1-16-5-4-10-25(13-16)21(28)17-8-11-24(12-9-17)20(27)14-26-15-23-19-7-3-2-6-18(19)22(26)29/h2-3,6-7,15-17H,4-5,8-14H2,1H3. The minimum atomic E-state index is -0.201. The second kappa shape index (κ2) is 8.35. The number of likely N-dealkylation sites (tertiary alicyclic amines) is 2. The van der Waals surface area contributed by atoms with Gasteiger partial charge in [0, 0.05) is 32.1 Å². The van der Waals surface area contributed by atoms with E-state index in [1.807, 2.05) is 11.0 Å². The predicted octanol–water partition coefficient (Wildman–Crippen LogP) is 1.89. The molecule has 29 heavy (non-hydrogen) atoms. The zero-order valence-electron chi connectivity index (χ0n) is 16.9. The molecule has 0 radical (unpaired) electrons. The highest BCUT2D eigenvalue weighted by molar-refractivity contribution is 5.81. The number of benzene rings is 1. The highest BCUT2D eigenvalue weighted by Crippen LogP contribution is 2.23. The molecule has 1 aromatic carbocycles. The molecule has 4 rings (SSSR count). The molecule has 2 fully saturated rings. The molecule has 2 aliphatic heterocycles. The van der Waals surface area contributed by atoms with Crippen molar-refractivity contribution in [2.45, 2.75) is 39.2 Å². The van der Waals surface area contributed by atoms with Gasteiger partial charge in [0.25, 0.3) is 5.56 Å². The monoisotopic (exact) mass is 396 g/mol. The van der Waals surface area contributed by atoms with E-state index in [2.05, 4.69) is 11.9 Å². The Labute approximate surface area is 170 Å². The molecule has 0 N–H and O–H groups in total. The van der Waals surface area contributed by atoms with Crippen LogP contribution in [0.25, 0.3) is 10.9 Å². The number of nitrogens with zero attached hydrogens (tertiary/aromatic N) is 4. The van der Waals surface area contributed by atoms with Crippen LogP contribution in [0.5, 0.6) is 0 Å². The lowest BCUT2D eigenvalue weighted by Gasteiger charge is -2.37. The van der Waals surface area contributed by atoms with Crippen molar-refractivity contribution >= 4 is 22.7 Å². The van der Waals surface area contributed by atoms with Gasteiger partial charge in [0.15, 0.2) is 0 Å². The summed E-state index contributed by atoms with van der Waals surface area (Å²) in [5, 5.41) is 0.517. The number of fused-ring (bicyclic) bond motifs is 1. The molecule has 3 heterocycles. The number of aromatic nitrogens is 2. The lowest BCUT2D eigenvalue weighted by molar-refractivity contribution is -0.142. The first-order valence-corrected chi connectivity index (χ1v) is 10.5. The Kier molecular flexibility index (Phi) is 5.65. The quantitative estimate of drug-likeness (QED) is 0.794. The lowest BCUT2D eigenvalue weighted by Crippen LogP contribution is -2.47. The molecule has 154 valence electrons. The molecule has 1 atom stereocenters. The molecule has 0 aliphatic carbocycles. The smallest absolute Gasteiger partial charge is 0.261 e. The number of piperidine rings is 2. The fraction of sp³-hybridized carbons (Fsp3) is 0.545. The van der Waals surface area contributed by atoms with Crippen molar-refractivity contribution in [2.24, 2.45) is 11.8 Å². The number of hydrogen-bond acceptors (Lipinski definition) is 4. The molecule has 7 nitrogen and oxygen atoms in total. The van der Waals surface area contributed by atoms with E-state index in [1.54, 1.807) is 23.1 Å². The van der Waals surface area contributed by atoms with E-state index in [4.69, 9.17) is 0 Å². The van der Waals surface area contributed by atoms with E-state index < -0.39 is 0 Å². The summed E-state index contributed by atoms with van der Waals surface area (Å²) in [4.78, 5) is 46.2. The minimum absolute atomic E-state index is 0.00871. The molecule has 1 aromatic heterocycles. The van der Waals surface area contributed by atoms with Crippen LogP contribution < -0.4 is 5.56 Å². The predicted molar refractivity (Wildman–Crippen MR) is 110 cm³/mol. The van der Waals surface area contributed by atoms with Crippen LogP contribution >= 0.6 is 0 Å². The number of para-hydroxylation sites is 1. The minimum Gasteiger partial charge on any atom is -0.342 e. The molecule has 7 heteroatoms. The summed E-state index contributed by atoms with van der Waals surface area (Å²) >= 11 is 0. The highest BCUT2D eigenvalue weighted by atomic mass is 16.2. The Bertz CT molecular complexity index is 962. The van der Waals surface area contributed by atoms with Crippen molar-refractivity contribution in [1.29, 1.82) is 0 Å². The number of carbonyl (C=O) groups excluding carboxylic acids is 2. The van der Waals surface area contributed by atoms with Crippen LogP contribution in [0, 0.1) is 11.8 Å². The number of carbonyl (C=O) groups is 2. The fourth-order valence-corrected chi connectivity index (χ4v) is 4.49. The van der Waals surface area contributed by atoms with Crippen LogP contribution in [0.3, 0.4) is 0 Å². The third-order valence-electron chi connectivity index (χ3n) is 6.20. The zero-order chi connectivity index (χ0) is 20.4. The highest BCUT2D eigenvalue weighted by Gasteiger charge is 2.31. The molecule has 2 aliphatic rings. The number of amides is 2. The van der Waals surface area contributed by atoms with Crippen molar-refractivity contribution in [3.05, 3.63) is 40.9 Å². The van der Waals surface area contributed by atoms with Crippen molar-refractivity contribution < 1.29 is 9.59 Å². The van der Waals surface area contributed by atoms with Gasteiger partial charge >= 0.3 is 0 Å². The van der Waals surface area contributed by atoms with Gasteiger partial charge in [0.2, 0.25) is 11.8 Å². The molecule has 2 saturated heterocycles. The van der Waals surface area contributed by atoms with Crippen LogP contribution in [0.15, 0.2) is 35.4 Å². The van der Waals surface area contributed by atoms with Gasteiger partial charge in [0.1, 0.15) is 6.54 Å². The maximum atomic E-state index is 12.8. The first-order valence-electron chi connectivity index (χ1n) is 10.5. The van der Waals surface area contributed by atoms with Gasteiger partial charge in [-0.1, -0.05) is 19.1 Å². The molecule has 0 bridgehead atoms. The van der Waals surface area contributed by atoms with Crippen molar-refractivity contribution in [1.82, 2.24) is 19.4 Å². The Hall–Kier alpha value is -2.70. The van der Waals surface area contributed by atoms with Crippen LogP contribution in [0.4, 0.5) is 0 Å². The van der Waals surface area contributed by atoms with Gasteiger partial charge in [-0.3, -0.25) is 19.0 Å². The van der Waals surface area contributed by atoms with E-state index >= 15 is 0 Å². The summed E-state index contributed by atoms with van der Waals surface area (Å²) in [7, 11) is 0. The Morgan fingerprint density at radius 1 is 1.07 bits per heavy atom. The third kappa shape index (κ3) is 4.18. The Morgan fingerprint density at radius 3 is 2.59 bits per heavy atom. The maximum Gasteiger partial charge on any atom is 0.261 e. The Balaban J connectivity index is 1.35. The summed E-state index contributed by atoms with van der Waals surface area (Å²) in [5.74, 6) is 0.734. The maximum absolute atomic E-state index is 12.8. The fourth-order valence-electron chi connectivity index (χ4n) is 4.49. The van der Waals surface area contributed by atoms with E-state index in [9.17, 15) is 14.4 Å². The third-order valence-corrected chi connectivity index (χ3v) is 6.20. The molecule has 2 amide bonds. The van der Waals surface area contributed by atoms with E-state index in [0.717, 1.165) is 19.5 Å². The van der Waals surface area contributed by atoms with Crippen LogP contribution in [-0.2, 0) is 16.1 Å². The summed E-state index contributed by atoms with van der Waals surface area (Å²) in [6, 6.07) is 7.14. The van der Waals surface area contributed by atoms with Gasteiger partial charge in [-0.25, -0.2) is 4.98 Å². The zero-order valence-corrected chi connectivity index (χ0v) is 16.9. The normalized spacial score (nSPS) is 20.8. The summed E-state index contributed by atoms with van der Waals surface area (Å²) < 4.78 is 1.37. The van der Waals surface area contributed by atoms with Crippen molar-refractivity contribution in [2.75, 3.05) is 26.2 Å². The van der Waals surface area contributed by atoms with Crippen molar-refractivity contribution in [3.8, 4) is 0 Å². The topological polar surface area (TPSA) is 75.5 Å². The second-order valence-electron chi connectivity index (χ2n) is 8.38. The van der Waals surface area contributed by atoms with Crippen LogP contribution in [0.2, 0.25) is 0 Å². The molecular formula is C22H28N4O3. The average molecular weight is 396 g/mol. The average Bonchev–Trinajstić information content (AvgIpc) is 2.75. The second-order valence-corrected chi connectivity index (χ2v) is 8.38. The first-order chi connectivity index (χ1) is 14.0. The lowest BCUT2D eigenvalue weighted by atomic mass is 9.92. The van der Waals surface area contributed by atoms with Gasteiger partial charge in [-0.2, -0.15) is 0 Å². The molecular weight excluding hydrogens is 368 g/mol. The van der Waals surface area contributed by atoms with Crippen molar-refractivity contribution in [3.63, 3.8) is 0 Å². The number of hydrogen-bond donors (Lipinski definition) is 0.